The highest BCUT2D eigenvalue weighted by molar-refractivity contribution is 5.94. The van der Waals surface area contributed by atoms with Crippen molar-refractivity contribution < 1.29 is 28.6 Å². The molecule has 3 aromatic carbocycles. The van der Waals surface area contributed by atoms with Gasteiger partial charge in [-0.05, 0) is 42.3 Å². The Labute approximate surface area is 250 Å². The third-order valence-corrected chi connectivity index (χ3v) is 6.55. The van der Waals surface area contributed by atoms with Crippen LogP contribution in [0.1, 0.15) is 40.7 Å². The molecule has 43 heavy (non-hydrogen) atoms. The molecule has 0 radical (unpaired) electrons. The summed E-state index contributed by atoms with van der Waals surface area (Å²) < 4.78 is 15.9. The molecule has 1 heterocycles. The van der Waals surface area contributed by atoms with Gasteiger partial charge in [-0.15, -0.1) is 0 Å². The van der Waals surface area contributed by atoms with Gasteiger partial charge in [-0.3, -0.25) is 14.9 Å². The van der Waals surface area contributed by atoms with E-state index in [2.05, 4.69) is 20.6 Å². The number of ether oxygens (including phenoxy) is 3. The van der Waals surface area contributed by atoms with Crippen LogP contribution in [0.3, 0.4) is 0 Å². The van der Waals surface area contributed by atoms with Crippen LogP contribution in [-0.2, 0) is 38.7 Å². The average molecular weight is 588 g/mol. The van der Waals surface area contributed by atoms with Crippen LogP contribution in [0.5, 0.6) is 0 Å². The molecule has 1 unspecified atom stereocenters. The number of amides is 3. The maximum Gasteiger partial charge on any atom is 0.409 e. The molecule has 4 aromatic rings. The standard InChI is InChI=1S/C32H37N5O6/c1-3-42-29(36-32(40)43-22-24-9-5-4-6-10-24)19-33-31(39)25-15-13-23(14-16-25)20-37(30(38)17-18-41-2)21-28-34-26-11-7-8-12-27(26)35-28/h4-16,29H,3,17-22H2,1-2H3,(H,33,39)(H,34,35)(H,36,40). The highest BCUT2D eigenvalue weighted by Gasteiger charge is 2.18. The van der Waals surface area contributed by atoms with Crippen LogP contribution >= 0.6 is 0 Å². The number of carbonyl (C=O) groups is 3. The number of hydrogen-bond donors (Lipinski definition) is 3. The molecule has 4 rings (SSSR count). The molecule has 0 aliphatic carbocycles. The molecule has 226 valence electrons. The van der Waals surface area contributed by atoms with E-state index in [0.29, 0.717) is 37.7 Å². The number of benzene rings is 3. The van der Waals surface area contributed by atoms with Crippen molar-refractivity contribution in [2.24, 2.45) is 0 Å². The summed E-state index contributed by atoms with van der Waals surface area (Å²) in [4.78, 5) is 47.6. The van der Waals surface area contributed by atoms with Gasteiger partial charge in [0, 0.05) is 25.8 Å². The third kappa shape index (κ3) is 9.66. The lowest BCUT2D eigenvalue weighted by molar-refractivity contribution is -0.133. The first-order valence-electron chi connectivity index (χ1n) is 14.1. The molecular weight excluding hydrogens is 550 g/mol. The van der Waals surface area contributed by atoms with Crippen LogP contribution in [0.2, 0.25) is 0 Å². The molecule has 0 spiro atoms. The number of fused-ring (bicyclic) bond motifs is 1. The van der Waals surface area contributed by atoms with Crippen LogP contribution in [0.15, 0.2) is 78.9 Å². The molecule has 11 heteroatoms. The number of imidazole rings is 1. The van der Waals surface area contributed by atoms with Gasteiger partial charge in [0.15, 0.2) is 0 Å². The van der Waals surface area contributed by atoms with Crippen molar-refractivity contribution in [2.45, 2.75) is 39.3 Å². The van der Waals surface area contributed by atoms with Gasteiger partial charge in [0.25, 0.3) is 5.91 Å². The number of nitrogens with one attached hydrogen (secondary N) is 3. The Morgan fingerprint density at radius 1 is 0.930 bits per heavy atom. The van der Waals surface area contributed by atoms with Gasteiger partial charge < -0.3 is 29.4 Å². The third-order valence-electron chi connectivity index (χ3n) is 6.55. The Morgan fingerprint density at radius 3 is 2.40 bits per heavy atom. The number of aromatic nitrogens is 2. The van der Waals surface area contributed by atoms with E-state index in [1.165, 1.54) is 0 Å². The zero-order valence-electron chi connectivity index (χ0n) is 24.4. The minimum Gasteiger partial charge on any atom is -0.445 e. The van der Waals surface area contributed by atoms with Gasteiger partial charge in [-0.1, -0.05) is 54.6 Å². The number of carbonyl (C=O) groups excluding carboxylic acids is 3. The van der Waals surface area contributed by atoms with Gasteiger partial charge in [0.05, 0.1) is 37.2 Å². The van der Waals surface area contributed by atoms with E-state index in [-0.39, 0.29) is 31.4 Å². The summed E-state index contributed by atoms with van der Waals surface area (Å²) >= 11 is 0. The summed E-state index contributed by atoms with van der Waals surface area (Å²) in [6.07, 6.45) is -1.17. The van der Waals surface area contributed by atoms with Crippen LogP contribution in [0.25, 0.3) is 11.0 Å². The molecule has 3 N–H and O–H groups in total. The topological polar surface area (TPSA) is 135 Å². The number of methoxy groups -OCH3 is 1. The lowest BCUT2D eigenvalue weighted by Gasteiger charge is -2.22. The first-order valence-corrected chi connectivity index (χ1v) is 14.1. The van der Waals surface area contributed by atoms with Crippen LogP contribution in [0.4, 0.5) is 4.79 Å². The van der Waals surface area contributed by atoms with E-state index in [4.69, 9.17) is 14.2 Å². The molecule has 3 amide bonds. The number of nitrogens with zero attached hydrogens (tertiary/aromatic N) is 2. The number of aromatic amines is 1. The molecule has 0 saturated carbocycles. The molecule has 0 saturated heterocycles. The fraction of sp³-hybridized carbons (Fsp3) is 0.312. The van der Waals surface area contributed by atoms with Crippen LogP contribution in [0, 0.1) is 0 Å². The van der Waals surface area contributed by atoms with Crippen molar-refractivity contribution in [2.75, 3.05) is 26.9 Å². The quantitative estimate of drug-likeness (QED) is 0.178. The summed E-state index contributed by atoms with van der Waals surface area (Å²) in [7, 11) is 1.56. The van der Waals surface area contributed by atoms with Gasteiger partial charge in [-0.25, -0.2) is 9.78 Å². The van der Waals surface area contributed by atoms with Gasteiger partial charge in [0.2, 0.25) is 5.91 Å². The molecular formula is C32H37N5O6. The molecule has 0 fully saturated rings. The number of H-pyrrole nitrogens is 1. The van der Waals surface area contributed by atoms with E-state index in [1.54, 1.807) is 31.1 Å². The molecule has 0 aliphatic rings. The number of rotatable bonds is 15. The minimum absolute atomic E-state index is 0.0497. The second-order valence-corrected chi connectivity index (χ2v) is 9.75. The highest BCUT2D eigenvalue weighted by atomic mass is 16.6. The molecule has 0 bridgehead atoms. The fourth-order valence-electron chi connectivity index (χ4n) is 4.36. The molecule has 11 nitrogen and oxygen atoms in total. The Morgan fingerprint density at radius 2 is 1.67 bits per heavy atom. The van der Waals surface area contributed by atoms with Crippen molar-refractivity contribution >= 4 is 28.9 Å². The van der Waals surface area contributed by atoms with E-state index in [1.807, 2.05) is 66.7 Å². The van der Waals surface area contributed by atoms with Crippen LogP contribution < -0.4 is 10.6 Å². The smallest absolute Gasteiger partial charge is 0.409 e. The first-order chi connectivity index (χ1) is 20.9. The SMILES string of the molecule is CCOC(CNC(=O)c1ccc(CN(Cc2nc3ccccc3[nH]2)C(=O)CCOC)cc1)NC(=O)OCc1ccccc1. The summed E-state index contributed by atoms with van der Waals surface area (Å²) in [5.74, 6) is 0.288. The second-order valence-electron chi connectivity index (χ2n) is 9.75. The van der Waals surface area contributed by atoms with Crippen molar-refractivity contribution in [3.63, 3.8) is 0 Å². The predicted molar refractivity (Wildman–Crippen MR) is 161 cm³/mol. The molecule has 1 aromatic heterocycles. The van der Waals surface area contributed by atoms with Crippen molar-refractivity contribution in [1.29, 1.82) is 0 Å². The zero-order valence-corrected chi connectivity index (χ0v) is 24.4. The van der Waals surface area contributed by atoms with Crippen molar-refractivity contribution in [1.82, 2.24) is 25.5 Å². The van der Waals surface area contributed by atoms with Crippen LogP contribution in [-0.4, -0.2) is 65.9 Å². The number of hydrogen-bond acceptors (Lipinski definition) is 7. The maximum absolute atomic E-state index is 13.0. The van der Waals surface area contributed by atoms with Crippen molar-refractivity contribution in [3.05, 3.63) is 101 Å². The lowest BCUT2D eigenvalue weighted by Crippen LogP contribution is -2.45. The van der Waals surface area contributed by atoms with E-state index in [9.17, 15) is 14.4 Å². The first kappa shape index (κ1) is 31.2. The second kappa shape index (κ2) is 16.0. The van der Waals surface area contributed by atoms with E-state index < -0.39 is 12.3 Å². The van der Waals surface area contributed by atoms with Gasteiger partial charge in [0.1, 0.15) is 18.7 Å². The monoisotopic (exact) mass is 587 g/mol. The van der Waals surface area contributed by atoms with Gasteiger partial charge >= 0.3 is 6.09 Å². The summed E-state index contributed by atoms with van der Waals surface area (Å²) in [5, 5.41) is 5.41. The van der Waals surface area contributed by atoms with E-state index in [0.717, 1.165) is 22.2 Å². The summed E-state index contributed by atoms with van der Waals surface area (Å²) in [5.41, 5.74) is 3.89. The van der Waals surface area contributed by atoms with E-state index >= 15 is 0 Å². The maximum atomic E-state index is 13.0. The Hall–Kier alpha value is -4.74. The average Bonchev–Trinajstić information content (AvgIpc) is 3.44. The fourth-order valence-corrected chi connectivity index (χ4v) is 4.36. The molecule has 0 aliphatic heterocycles. The van der Waals surface area contributed by atoms with Crippen molar-refractivity contribution in [3.8, 4) is 0 Å². The summed E-state index contributed by atoms with van der Waals surface area (Å²) in [6.45, 7) is 3.26. The Bertz CT molecular complexity index is 1440. The normalized spacial score (nSPS) is 11.6. The largest absolute Gasteiger partial charge is 0.445 e. The summed E-state index contributed by atoms with van der Waals surface area (Å²) in [6, 6.07) is 24.0. The number of alkyl carbamates (subject to hydrolysis) is 1. The Balaban J connectivity index is 1.32. The Kier molecular flexibility index (Phi) is 11.6. The predicted octanol–water partition coefficient (Wildman–Crippen LogP) is 4.15. The zero-order chi connectivity index (χ0) is 30.4. The highest BCUT2D eigenvalue weighted by Crippen LogP contribution is 2.15. The number of para-hydroxylation sites is 2. The minimum atomic E-state index is -0.763. The molecule has 1 atom stereocenters. The lowest BCUT2D eigenvalue weighted by atomic mass is 10.1. The van der Waals surface area contributed by atoms with Gasteiger partial charge in [-0.2, -0.15) is 0 Å².